The maximum absolute atomic E-state index is 9.83. The highest BCUT2D eigenvalue weighted by Crippen LogP contribution is 2.23. The zero-order valence-corrected chi connectivity index (χ0v) is 9.62. The van der Waals surface area contributed by atoms with Crippen LogP contribution in [0.5, 0.6) is 0 Å². The molecule has 0 amide bonds. The molecule has 0 saturated heterocycles. The molecule has 0 aliphatic carbocycles. The van der Waals surface area contributed by atoms with Crippen LogP contribution in [0.4, 0.5) is 0 Å². The van der Waals surface area contributed by atoms with Crippen LogP contribution in [0.3, 0.4) is 0 Å². The fourth-order valence-corrected chi connectivity index (χ4v) is 1.75. The summed E-state index contributed by atoms with van der Waals surface area (Å²) < 4.78 is 2.70. The average Bonchev–Trinajstić information content (AvgIpc) is 2.46. The number of hydrogen-bond donors (Lipinski definition) is 1. The lowest BCUT2D eigenvalue weighted by Crippen LogP contribution is -2.15. The predicted molar refractivity (Wildman–Crippen MR) is 58.1 cm³/mol. The maximum Gasteiger partial charge on any atom is 0.131 e. The van der Waals surface area contributed by atoms with E-state index >= 15 is 0 Å². The van der Waals surface area contributed by atoms with Crippen molar-refractivity contribution >= 4 is 21.4 Å². The molecule has 14 heavy (non-hydrogen) atoms. The number of hydrogen-bond acceptors (Lipinski definition) is 2. The molecule has 1 N–H and O–H groups in total. The van der Waals surface area contributed by atoms with Crippen molar-refractivity contribution in [1.82, 2.24) is 9.38 Å². The van der Waals surface area contributed by atoms with Crippen molar-refractivity contribution in [2.24, 2.45) is 0 Å². The van der Waals surface area contributed by atoms with Gasteiger partial charge in [-0.15, -0.1) is 0 Å². The lowest BCUT2D eigenvalue weighted by Gasteiger charge is -2.17. The highest BCUT2D eigenvalue weighted by molar-refractivity contribution is 9.10. The molecule has 4 heteroatoms. The Morgan fingerprint density at radius 1 is 1.50 bits per heavy atom. The van der Waals surface area contributed by atoms with E-state index in [-0.39, 0.29) is 0 Å². The van der Waals surface area contributed by atoms with Gasteiger partial charge >= 0.3 is 0 Å². The topological polar surface area (TPSA) is 37.5 Å². The summed E-state index contributed by atoms with van der Waals surface area (Å²) in [5, 5.41) is 9.83. The minimum Gasteiger partial charge on any atom is -0.386 e. The van der Waals surface area contributed by atoms with Crippen LogP contribution < -0.4 is 0 Å². The first-order valence-electron chi connectivity index (χ1n) is 4.33. The second kappa shape index (κ2) is 3.07. The molecule has 3 nitrogen and oxygen atoms in total. The van der Waals surface area contributed by atoms with Crippen molar-refractivity contribution in [2.45, 2.75) is 19.4 Å². The zero-order chi connectivity index (χ0) is 10.3. The second-order valence-electron chi connectivity index (χ2n) is 3.80. The van der Waals surface area contributed by atoms with Gasteiger partial charge in [0, 0.05) is 6.20 Å². The quantitative estimate of drug-likeness (QED) is 0.849. The van der Waals surface area contributed by atoms with Gasteiger partial charge in [-0.2, -0.15) is 0 Å². The van der Waals surface area contributed by atoms with Crippen molar-refractivity contribution < 1.29 is 5.11 Å². The summed E-state index contributed by atoms with van der Waals surface area (Å²) in [6.45, 7) is 3.53. The summed E-state index contributed by atoms with van der Waals surface area (Å²) in [6, 6.07) is 3.82. The number of aliphatic hydroxyl groups is 1. The third kappa shape index (κ3) is 1.55. The largest absolute Gasteiger partial charge is 0.386 e. The first-order valence-corrected chi connectivity index (χ1v) is 5.13. The third-order valence-electron chi connectivity index (χ3n) is 2.20. The first-order chi connectivity index (χ1) is 6.48. The lowest BCUT2D eigenvalue weighted by atomic mass is 9.99. The number of rotatable bonds is 1. The van der Waals surface area contributed by atoms with E-state index in [0.29, 0.717) is 0 Å². The molecule has 2 aromatic rings. The van der Waals surface area contributed by atoms with E-state index in [1.807, 2.05) is 22.7 Å². The number of nitrogens with zero attached hydrogens (tertiary/aromatic N) is 2. The van der Waals surface area contributed by atoms with Gasteiger partial charge in [0.05, 0.1) is 11.1 Å². The molecule has 0 radical (unpaired) electrons. The predicted octanol–water partition coefficient (Wildman–Crippen LogP) is 2.32. The van der Waals surface area contributed by atoms with Gasteiger partial charge in [-0.1, -0.05) is 0 Å². The SMILES string of the molecule is CC(C)(O)c1ccn2cnc(Br)c2c1. The van der Waals surface area contributed by atoms with Crippen molar-refractivity contribution in [1.29, 1.82) is 0 Å². The van der Waals surface area contributed by atoms with Gasteiger partial charge in [0.25, 0.3) is 0 Å². The molecule has 2 aromatic heterocycles. The molecule has 0 unspecified atom stereocenters. The van der Waals surface area contributed by atoms with E-state index in [1.54, 1.807) is 20.2 Å². The van der Waals surface area contributed by atoms with Crippen LogP contribution in [0.25, 0.3) is 5.52 Å². The van der Waals surface area contributed by atoms with Crippen molar-refractivity contribution in [2.75, 3.05) is 0 Å². The van der Waals surface area contributed by atoms with Crippen molar-refractivity contribution in [3.8, 4) is 0 Å². The van der Waals surface area contributed by atoms with Gasteiger partial charge in [0.2, 0.25) is 0 Å². The average molecular weight is 255 g/mol. The first kappa shape index (κ1) is 9.68. The van der Waals surface area contributed by atoms with E-state index in [1.165, 1.54) is 0 Å². The van der Waals surface area contributed by atoms with Gasteiger partial charge in [0.1, 0.15) is 10.9 Å². The molecule has 0 aromatic carbocycles. The van der Waals surface area contributed by atoms with E-state index in [2.05, 4.69) is 20.9 Å². The van der Waals surface area contributed by atoms with E-state index < -0.39 is 5.60 Å². The molecule has 0 bridgehead atoms. The van der Waals surface area contributed by atoms with Crippen molar-refractivity contribution in [3.63, 3.8) is 0 Å². The Hall–Kier alpha value is -0.870. The summed E-state index contributed by atoms with van der Waals surface area (Å²) in [7, 11) is 0. The summed E-state index contributed by atoms with van der Waals surface area (Å²) in [6.07, 6.45) is 3.62. The van der Waals surface area contributed by atoms with Crippen LogP contribution in [-0.2, 0) is 5.60 Å². The Bertz CT molecular complexity index is 470. The Labute approximate surface area is 90.5 Å². The molecular weight excluding hydrogens is 244 g/mol. The zero-order valence-electron chi connectivity index (χ0n) is 8.03. The Balaban J connectivity index is 2.66. The van der Waals surface area contributed by atoms with Crippen LogP contribution in [0.2, 0.25) is 0 Å². The molecule has 2 heterocycles. The minimum atomic E-state index is -0.814. The van der Waals surface area contributed by atoms with Gasteiger partial charge < -0.3 is 9.51 Å². The van der Waals surface area contributed by atoms with Gasteiger partial charge in [-0.25, -0.2) is 4.98 Å². The van der Waals surface area contributed by atoms with Gasteiger partial charge in [-0.3, -0.25) is 0 Å². The fourth-order valence-electron chi connectivity index (χ4n) is 1.34. The highest BCUT2D eigenvalue weighted by Gasteiger charge is 2.16. The molecule has 0 fully saturated rings. The molecule has 0 atom stereocenters. The Kier molecular flexibility index (Phi) is 2.12. The Morgan fingerprint density at radius 2 is 2.21 bits per heavy atom. The molecule has 0 spiro atoms. The summed E-state index contributed by atoms with van der Waals surface area (Å²) in [5.41, 5.74) is 1.03. The van der Waals surface area contributed by atoms with E-state index in [9.17, 15) is 5.11 Å². The second-order valence-corrected chi connectivity index (χ2v) is 4.55. The summed E-state index contributed by atoms with van der Waals surface area (Å²) in [4.78, 5) is 4.12. The number of halogens is 1. The molecule has 0 aliphatic heterocycles. The van der Waals surface area contributed by atoms with Crippen LogP contribution in [0.1, 0.15) is 19.4 Å². The number of pyridine rings is 1. The summed E-state index contributed by atoms with van der Waals surface area (Å²) in [5.74, 6) is 0. The lowest BCUT2D eigenvalue weighted by molar-refractivity contribution is 0.0786. The van der Waals surface area contributed by atoms with Crippen molar-refractivity contribution in [3.05, 3.63) is 34.8 Å². The van der Waals surface area contributed by atoms with Crippen LogP contribution in [0, 0.1) is 0 Å². The molecular formula is C10H11BrN2O. The molecule has 74 valence electrons. The minimum absolute atomic E-state index is 0.795. The van der Waals surface area contributed by atoms with Crippen LogP contribution in [-0.4, -0.2) is 14.5 Å². The molecule has 2 rings (SSSR count). The third-order valence-corrected chi connectivity index (χ3v) is 2.81. The van der Waals surface area contributed by atoms with Gasteiger partial charge in [-0.05, 0) is 47.5 Å². The van der Waals surface area contributed by atoms with E-state index in [4.69, 9.17) is 0 Å². The monoisotopic (exact) mass is 254 g/mol. The molecule has 0 saturated carbocycles. The Morgan fingerprint density at radius 3 is 2.86 bits per heavy atom. The highest BCUT2D eigenvalue weighted by atomic mass is 79.9. The van der Waals surface area contributed by atoms with E-state index in [0.717, 1.165) is 15.7 Å². The maximum atomic E-state index is 9.83. The smallest absolute Gasteiger partial charge is 0.131 e. The van der Waals surface area contributed by atoms with Crippen LogP contribution in [0.15, 0.2) is 29.3 Å². The normalized spacial score (nSPS) is 12.3. The summed E-state index contributed by atoms with van der Waals surface area (Å²) >= 11 is 3.35. The van der Waals surface area contributed by atoms with Gasteiger partial charge in [0.15, 0.2) is 0 Å². The number of aromatic nitrogens is 2. The molecule has 0 aliphatic rings. The standard InChI is InChI=1S/C10H11BrN2O/c1-10(2,14)7-3-4-13-6-12-9(11)8(13)5-7/h3-6,14H,1-2H3. The van der Waals surface area contributed by atoms with Crippen LogP contribution >= 0.6 is 15.9 Å². The number of imidazole rings is 1. The fraction of sp³-hybridized carbons (Fsp3) is 0.300. The number of fused-ring (bicyclic) bond motifs is 1.